The molecular formula is C22H20ClN7O3. The molecule has 1 aliphatic heterocycles. The second kappa shape index (κ2) is 8.21. The maximum atomic E-state index is 13.2. The van der Waals surface area contributed by atoms with Crippen molar-refractivity contribution in [2.24, 2.45) is 0 Å². The van der Waals surface area contributed by atoms with E-state index in [1.165, 1.54) is 12.3 Å². The van der Waals surface area contributed by atoms with E-state index >= 15 is 0 Å². The van der Waals surface area contributed by atoms with E-state index in [2.05, 4.69) is 27.0 Å². The normalized spacial score (nSPS) is 16.3. The standard InChI is InChI=1S/C22H20ClN7O3/c1-2-16(31)29-9-5-6-12(11-29)30-19-13(23)10-25-20(24)17(19)18(28-30)21(32)27-22-26-14-7-3-4-8-15(14)33-22/h2-4,7-8,10,12H,1,5-6,9,11H2,(H2,24,25)(H,26,27,32). The second-order valence-electron chi connectivity index (χ2n) is 7.73. The summed E-state index contributed by atoms with van der Waals surface area (Å²) in [5, 5.41) is 7.86. The van der Waals surface area contributed by atoms with Crippen LogP contribution in [0.1, 0.15) is 29.4 Å². The van der Waals surface area contributed by atoms with E-state index in [0.29, 0.717) is 40.1 Å². The second-order valence-corrected chi connectivity index (χ2v) is 8.14. The highest BCUT2D eigenvalue weighted by Crippen LogP contribution is 2.34. The molecule has 11 heteroatoms. The predicted molar refractivity (Wildman–Crippen MR) is 124 cm³/mol. The summed E-state index contributed by atoms with van der Waals surface area (Å²) in [7, 11) is 0. The van der Waals surface area contributed by atoms with Gasteiger partial charge in [-0.25, -0.2) is 4.98 Å². The lowest BCUT2D eigenvalue weighted by molar-refractivity contribution is -0.127. The minimum atomic E-state index is -0.559. The summed E-state index contributed by atoms with van der Waals surface area (Å²) in [6, 6.07) is 7.01. The van der Waals surface area contributed by atoms with Gasteiger partial charge in [0.1, 0.15) is 11.3 Å². The van der Waals surface area contributed by atoms with Crippen molar-refractivity contribution in [1.82, 2.24) is 24.6 Å². The average molecular weight is 466 g/mol. The number of carbonyl (C=O) groups is 2. The van der Waals surface area contributed by atoms with Crippen LogP contribution < -0.4 is 11.1 Å². The molecule has 5 rings (SSSR count). The third kappa shape index (κ3) is 3.68. The van der Waals surface area contributed by atoms with Crippen molar-refractivity contribution >= 4 is 57.3 Å². The van der Waals surface area contributed by atoms with Crippen molar-refractivity contribution in [3.63, 3.8) is 0 Å². The zero-order valence-electron chi connectivity index (χ0n) is 17.5. The van der Waals surface area contributed by atoms with Crippen LogP contribution in [-0.2, 0) is 4.79 Å². The van der Waals surface area contributed by atoms with E-state index < -0.39 is 5.91 Å². The Morgan fingerprint density at radius 2 is 2.15 bits per heavy atom. The monoisotopic (exact) mass is 465 g/mol. The number of nitrogen functional groups attached to an aromatic ring is 1. The number of hydrogen-bond acceptors (Lipinski definition) is 7. The molecule has 1 saturated heterocycles. The number of pyridine rings is 1. The lowest BCUT2D eigenvalue weighted by atomic mass is 10.1. The van der Waals surface area contributed by atoms with Crippen molar-refractivity contribution in [1.29, 1.82) is 0 Å². The Balaban J connectivity index is 1.55. The van der Waals surface area contributed by atoms with Crippen LogP contribution in [0.15, 0.2) is 47.5 Å². The Kier molecular flexibility index (Phi) is 5.21. The number of nitrogens with two attached hydrogens (primary N) is 1. The Labute approximate surface area is 193 Å². The number of likely N-dealkylation sites (tertiary alicyclic amines) is 1. The zero-order chi connectivity index (χ0) is 23.1. The van der Waals surface area contributed by atoms with Crippen molar-refractivity contribution in [3.05, 3.63) is 53.8 Å². The smallest absolute Gasteiger partial charge is 0.302 e. The summed E-state index contributed by atoms with van der Waals surface area (Å²) in [6.07, 6.45) is 4.24. The summed E-state index contributed by atoms with van der Waals surface area (Å²) in [4.78, 5) is 35.4. The first kappa shape index (κ1) is 21.0. The summed E-state index contributed by atoms with van der Waals surface area (Å²) >= 11 is 6.47. The number of fused-ring (bicyclic) bond motifs is 2. The van der Waals surface area contributed by atoms with Crippen LogP contribution in [0.5, 0.6) is 0 Å². The molecule has 1 atom stereocenters. The number of carbonyl (C=O) groups excluding carboxylic acids is 2. The fraction of sp³-hybridized carbons (Fsp3) is 0.227. The summed E-state index contributed by atoms with van der Waals surface area (Å²) in [5.74, 6) is -0.591. The molecule has 3 N–H and O–H groups in total. The largest absolute Gasteiger partial charge is 0.423 e. The molecule has 3 aromatic heterocycles. The van der Waals surface area contributed by atoms with Gasteiger partial charge in [0.25, 0.3) is 5.91 Å². The molecule has 33 heavy (non-hydrogen) atoms. The highest BCUT2D eigenvalue weighted by atomic mass is 35.5. The first-order chi connectivity index (χ1) is 16.0. The molecule has 0 saturated carbocycles. The zero-order valence-corrected chi connectivity index (χ0v) is 18.2. The lowest BCUT2D eigenvalue weighted by Gasteiger charge is -2.32. The number of rotatable bonds is 4. The van der Waals surface area contributed by atoms with Gasteiger partial charge in [0.15, 0.2) is 11.3 Å². The SMILES string of the molecule is C=CC(=O)N1CCCC(n2nc(C(=O)Nc3nc4ccccc4o3)c3c(N)ncc(Cl)c32)C1. The Morgan fingerprint density at radius 3 is 2.94 bits per heavy atom. The molecule has 0 aliphatic carbocycles. The van der Waals surface area contributed by atoms with Gasteiger partial charge < -0.3 is 15.1 Å². The van der Waals surface area contributed by atoms with Gasteiger partial charge in [0, 0.05) is 13.1 Å². The highest BCUT2D eigenvalue weighted by molar-refractivity contribution is 6.36. The molecule has 4 heterocycles. The van der Waals surface area contributed by atoms with Crippen molar-refractivity contribution in [3.8, 4) is 0 Å². The number of halogens is 1. The summed E-state index contributed by atoms with van der Waals surface area (Å²) < 4.78 is 7.26. The number of hydrogen-bond donors (Lipinski definition) is 2. The third-order valence-corrected chi connectivity index (χ3v) is 5.94. The first-order valence-corrected chi connectivity index (χ1v) is 10.7. The van der Waals surface area contributed by atoms with Gasteiger partial charge in [0.2, 0.25) is 5.91 Å². The molecule has 168 valence electrons. The van der Waals surface area contributed by atoms with Gasteiger partial charge in [-0.15, -0.1) is 0 Å². The number of nitrogens with zero attached hydrogens (tertiary/aromatic N) is 5. The third-order valence-electron chi connectivity index (χ3n) is 5.67. The van der Waals surface area contributed by atoms with E-state index in [1.807, 2.05) is 12.1 Å². The number of para-hydroxylation sites is 2. The molecule has 0 bridgehead atoms. The van der Waals surface area contributed by atoms with E-state index in [-0.39, 0.29) is 29.5 Å². The summed E-state index contributed by atoms with van der Waals surface area (Å²) in [5.41, 5.74) is 7.83. The number of amides is 2. The number of nitrogens with one attached hydrogen (secondary N) is 1. The molecular weight excluding hydrogens is 446 g/mol. The van der Waals surface area contributed by atoms with Crippen LogP contribution in [0, 0.1) is 0 Å². The number of oxazole rings is 1. The maximum absolute atomic E-state index is 13.2. The topological polar surface area (TPSA) is 132 Å². The van der Waals surface area contributed by atoms with Gasteiger partial charge >= 0.3 is 6.01 Å². The number of anilines is 2. The highest BCUT2D eigenvalue weighted by Gasteiger charge is 2.30. The van der Waals surface area contributed by atoms with Crippen LogP contribution in [-0.4, -0.2) is 49.6 Å². The minimum Gasteiger partial charge on any atom is -0.423 e. The molecule has 4 aromatic rings. The van der Waals surface area contributed by atoms with E-state index in [1.54, 1.807) is 21.7 Å². The Bertz CT molecular complexity index is 1380. The van der Waals surface area contributed by atoms with E-state index in [4.69, 9.17) is 21.8 Å². The fourth-order valence-electron chi connectivity index (χ4n) is 4.15. The minimum absolute atomic E-state index is 0.0397. The fourth-order valence-corrected chi connectivity index (χ4v) is 4.38. The quantitative estimate of drug-likeness (QED) is 0.441. The van der Waals surface area contributed by atoms with Gasteiger partial charge in [-0.2, -0.15) is 10.1 Å². The molecule has 1 fully saturated rings. The molecule has 2 amide bonds. The van der Waals surface area contributed by atoms with E-state index in [0.717, 1.165) is 12.8 Å². The van der Waals surface area contributed by atoms with Crippen LogP contribution in [0.25, 0.3) is 22.0 Å². The number of benzene rings is 1. The van der Waals surface area contributed by atoms with Crippen molar-refractivity contribution in [2.75, 3.05) is 24.1 Å². The van der Waals surface area contributed by atoms with Gasteiger partial charge in [-0.3, -0.25) is 19.6 Å². The predicted octanol–water partition coefficient (Wildman–Crippen LogP) is 3.41. The molecule has 10 nitrogen and oxygen atoms in total. The van der Waals surface area contributed by atoms with Crippen LogP contribution >= 0.6 is 11.6 Å². The maximum Gasteiger partial charge on any atom is 0.302 e. The van der Waals surface area contributed by atoms with Crippen LogP contribution in [0.4, 0.5) is 11.8 Å². The van der Waals surface area contributed by atoms with Crippen LogP contribution in [0.3, 0.4) is 0 Å². The Hall–Kier alpha value is -3.92. The molecule has 0 radical (unpaired) electrons. The van der Waals surface area contributed by atoms with Gasteiger partial charge in [-0.1, -0.05) is 30.3 Å². The number of aromatic nitrogens is 4. The Morgan fingerprint density at radius 1 is 1.33 bits per heavy atom. The molecule has 1 unspecified atom stereocenters. The van der Waals surface area contributed by atoms with Gasteiger partial charge in [0.05, 0.1) is 28.2 Å². The lowest BCUT2D eigenvalue weighted by Crippen LogP contribution is -2.40. The average Bonchev–Trinajstić information content (AvgIpc) is 3.43. The van der Waals surface area contributed by atoms with Crippen molar-refractivity contribution in [2.45, 2.75) is 18.9 Å². The molecule has 0 spiro atoms. The van der Waals surface area contributed by atoms with Gasteiger partial charge in [-0.05, 0) is 31.1 Å². The molecule has 1 aromatic carbocycles. The number of piperidine rings is 1. The first-order valence-electron chi connectivity index (χ1n) is 10.4. The molecule has 1 aliphatic rings. The van der Waals surface area contributed by atoms with Crippen molar-refractivity contribution < 1.29 is 14.0 Å². The van der Waals surface area contributed by atoms with E-state index in [9.17, 15) is 9.59 Å². The van der Waals surface area contributed by atoms with Crippen LogP contribution in [0.2, 0.25) is 5.02 Å². The summed E-state index contributed by atoms with van der Waals surface area (Å²) in [6.45, 7) is 4.60.